The van der Waals surface area contributed by atoms with E-state index in [0.717, 1.165) is 24.1 Å². The summed E-state index contributed by atoms with van der Waals surface area (Å²) in [6.07, 6.45) is 6.72. The van der Waals surface area contributed by atoms with E-state index in [4.69, 9.17) is 11.6 Å². The lowest BCUT2D eigenvalue weighted by molar-refractivity contribution is -0.122. The zero-order valence-corrected chi connectivity index (χ0v) is 18.1. The molecule has 0 bridgehead atoms. The maximum atomic E-state index is 13.8. The van der Waals surface area contributed by atoms with Gasteiger partial charge in [0.05, 0.1) is 10.7 Å². The van der Waals surface area contributed by atoms with E-state index in [1.807, 2.05) is 24.5 Å². The highest BCUT2D eigenvalue weighted by Gasteiger charge is 2.58. The molecule has 1 aromatic carbocycles. The van der Waals surface area contributed by atoms with E-state index in [0.29, 0.717) is 5.69 Å². The van der Waals surface area contributed by atoms with Crippen molar-refractivity contribution in [2.75, 3.05) is 11.9 Å². The van der Waals surface area contributed by atoms with Gasteiger partial charge in [0.15, 0.2) is 0 Å². The minimum atomic E-state index is -4.48. The first-order valence-electron chi connectivity index (χ1n) is 10.6. The van der Waals surface area contributed by atoms with Crippen LogP contribution in [0.15, 0.2) is 65.8 Å². The maximum absolute atomic E-state index is 13.8. The molecule has 2 heterocycles. The normalized spacial score (nSPS) is 29.8. The Labute approximate surface area is 192 Å². The van der Waals surface area contributed by atoms with Crippen LogP contribution in [0, 0.1) is 17.3 Å². The molecule has 4 aliphatic rings. The van der Waals surface area contributed by atoms with Crippen molar-refractivity contribution in [3.63, 3.8) is 0 Å². The highest BCUT2D eigenvalue weighted by molar-refractivity contribution is 6.31. The van der Waals surface area contributed by atoms with Crippen LogP contribution in [0.5, 0.6) is 0 Å². The Morgan fingerprint density at radius 1 is 1.30 bits per heavy atom. The third-order valence-corrected chi connectivity index (χ3v) is 6.90. The van der Waals surface area contributed by atoms with E-state index in [1.54, 1.807) is 29.6 Å². The number of rotatable bonds is 4. The van der Waals surface area contributed by atoms with Gasteiger partial charge in [-0.25, -0.2) is 9.18 Å². The fraction of sp³-hybridized carbons (Fsp3) is 0.348. The van der Waals surface area contributed by atoms with Gasteiger partial charge in [-0.15, -0.1) is 0 Å². The Kier molecular flexibility index (Phi) is 5.19. The molecule has 1 fully saturated rings. The topological polar surface area (TPSA) is 56.4 Å². The monoisotopic (exact) mass is 480 g/mol. The molecule has 5 rings (SSSR count). The lowest BCUT2D eigenvalue weighted by Gasteiger charge is -2.36. The molecule has 1 aromatic rings. The molecular weight excluding hydrogens is 460 g/mol. The summed E-state index contributed by atoms with van der Waals surface area (Å²) in [7, 11) is 0. The molecule has 3 N–H and O–H groups in total. The molecule has 4 atom stereocenters. The first-order valence-corrected chi connectivity index (χ1v) is 10.9. The van der Waals surface area contributed by atoms with Gasteiger partial charge in [-0.3, -0.25) is 0 Å². The van der Waals surface area contributed by atoms with Crippen LogP contribution in [0.25, 0.3) is 5.70 Å². The van der Waals surface area contributed by atoms with E-state index in [9.17, 15) is 22.4 Å². The van der Waals surface area contributed by atoms with Crippen LogP contribution in [0.3, 0.4) is 0 Å². The minimum absolute atomic E-state index is 0.0141. The number of nitrogens with zero attached hydrogens (tertiary/aromatic N) is 1. The van der Waals surface area contributed by atoms with Crippen LogP contribution < -0.4 is 16.0 Å². The van der Waals surface area contributed by atoms with Crippen LogP contribution >= 0.6 is 11.6 Å². The maximum Gasteiger partial charge on any atom is 0.405 e. The van der Waals surface area contributed by atoms with Crippen LogP contribution in [0.2, 0.25) is 0 Å². The van der Waals surface area contributed by atoms with Crippen molar-refractivity contribution in [2.24, 2.45) is 17.3 Å². The quantitative estimate of drug-likeness (QED) is 0.504. The molecule has 2 aliphatic heterocycles. The Hall–Kier alpha value is -2.94. The number of hydrogen-bond acceptors (Lipinski definition) is 3. The number of urea groups is 1. The highest BCUT2D eigenvalue weighted by atomic mass is 35.5. The van der Waals surface area contributed by atoms with Gasteiger partial charge in [-0.2, -0.15) is 13.2 Å². The molecule has 0 saturated heterocycles. The van der Waals surface area contributed by atoms with E-state index in [2.05, 4.69) is 21.6 Å². The van der Waals surface area contributed by atoms with Gasteiger partial charge in [0, 0.05) is 29.1 Å². The smallest absolute Gasteiger partial charge is 0.369 e. The zero-order valence-electron chi connectivity index (χ0n) is 17.3. The Balaban J connectivity index is 1.27. The highest BCUT2D eigenvalue weighted by Crippen LogP contribution is 2.65. The molecule has 4 unspecified atom stereocenters. The van der Waals surface area contributed by atoms with Gasteiger partial charge in [0.25, 0.3) is 0 Å². The van der Waals surface area contributed by atoms with Crippen LogP contribution in [-0.2, 0) is 0 Å². The van der Waals surface area contributed by atoms with Crippen molar-refractivity contribution in [2.45, 2.75) is 25.2 Å². The van der Waals surface area contributed by atoms with Crippen LogP contribution in [-0.4, -0.2) is 29.8 Å². The number of hydrogen-bond donors (Lipinski definition) is 3. The van der Waals surface area contributed by atoms with Crippen LogP contribution in [0.4, 0.5) is 28.0 Å². The van der Waals surface area contributed by atoms with Gasteiger partial charge in [-0.1, -0.05) is 35.9 Å². The summed E-state index contributed by atoms with van der Waals surface area (Å²) in [4.78, 5) is 13.9. The van der Waals surface area contributed by atoms with Crippen molar-refractivity contribution < 1.29 is 22.4 Å². The number of amides is 2. The van der Waals surface area contributed by atoms with E-state index >= 15 is 0 Å². The number of anilines is 1. The molecule has 0 radical (unpaired) electrons. The lowest BCUT2D eigenvalue weighted by atomic mass is 9.80. The van der Waals surface area contributed by atoms with Gasteiger partial charge in [0.2, 0.25) is 0 Å². The molecule has 5 nitrogen and oxygen atoms in total. The predicted molar refractivity (Wildman–Crippen MR) is 117 cm³/mol. The molecule has 0 spiro atoms. The number of halogens is 5. The second-order valence-corrected chi connectivity index (χ2v) is 9.14. The first-order chi connectivity index (χ1) is 15.6. The number of nitrogens with one attached hydrogen (secondary N) is 3. The molecule has 2 aliphatic carbocycles. The number of alkyl halides is 3. The van der Waals surface area contributed by atoms with Gasteiger partial charge in [-0.05, 0) is 42.9 Å². The summed E-state index contributed by atoms with van der Waals surface area (Å²) in [5, 5.41) is 7.77. The van der Waals surface area contributed by atoms with Gasteiger partial charge >= 0.3 is 12.2 Å². The number of carbonyl (C=O) groups is 1. The SMILES string of the molecule is O=C(NCC(F)(F)F)Nc1cccc(C2=CNC3CC(C45C=C(Cl)C(F)=CC4C5)C=CN23)c1. The number of allylic oxidation sites excluding steroid dienone is 5. The second-order valence-electron chi connectivity index (χ2n) is 8.74. The fourth-order valence-corrected chi connectivity index (χ4v) is 5.19. The summed E-state index contributed by atoms with van der Waals surface area (Å²) in [6.45, 7) is -1.40. The van der Waals surface area contributed by atoms with Gasteiger partial charge < -0.3 is 20.9 Å². The molecule has 1 saturated carbocycles. The fourth-order valence-electron chi connectivity index (χ4n) is 4.92. The van der Waals surface area contributed by atoms with Crippen molar-refractivity contribution in [1.29, 1.82) is 0 Å². The van der Waals surface area contributed by atoms with Crippen molar-refractivity contribution in [3.05, 3.63) is 71.3 Å². The molecule has 33 heavy (non-hydrogen) atoms. The van der Waals surface area contributed by atoms with Crippen molar-refractivity contribution in [1.82, 2.24) is 15.5 Å². The standard InChI is InChI=1S/C23H21ClF4N4O/c24-17-10-22(9-15(22)7-18(17)25)14-4-5-32-19(11-29-20(32)8-14)13-2-1-3-16(6-13)31-21(33)30-12-23(26,27)28/h1-7,10-11,14-15,20,29H,8-9,12H2,(H2,30,31,33). The zero-order chi connectivity index (χ0) is 23.4. The summed E-state index contributed by atoms with van der Waals surface area (Å²) in [5.41, 5.74) is 1.93. The average Bonchev–Trinajstić information content (AvgIpc) is 3.30. The predicted octanol–water partition coefficient (Wildman–Crippen LogP) is 5.43. The number of fused-ring (bicyclic) bond motifs is 2. The molecule has 10 heteroatoms. The third-order valence-electron chi connectivity index (χ3n) is 6.61. The Bertz CT molecular complexity index is 1110. The third kappa shape index (κ3) is 4.21. The second kappa shape index (κ2) is 7.83. The number of carbonyl (C=O) groups excluding carboxylic acids is 1. The summed E-state index contributed by atoms with van der Waals surface area (Å²) < 4.78 is 50.7. The Morgan fingerprint density at radius 2 is 2.12 bits per heavy atom. The minimum Gasteiger partial charge on any atom is -0.369 e. The summed E-state index contributed by atoms with van der Waals surface area (Å²) in [5.74, 6) is 0.0356. The molecular formula is C23H21ClF4N4O. The lowest BCUT2D eigenvalue weighted by Crippen LogP contribution is -2.39. The van der Waals surface area contributed by atoms with Crippen molar-refractivity contribution in [3.8, 4) is 0 Å². The first kappa shape index (κ1) is 21.9. The summed E-state index contributed by atoms with van der Waals surface area (Å²) in [6, 6.07) is 5.97. The molecule has 2 amide bonds. The van der Waals surface area contributed by atoms with Crippen molar-refractivity contribution >= 4 is 29.0 Å². The average molecular weight is 481 g/mol. The molecule has 0 aromatic heterocycles. The largest absolute Gasteiger partial charge is 0.405 e. The van der Waals surface area contributed by atoms with E-state index in [-0.39, 0.29) is 34.3 Å². The van der Waals surface area contributed by atoms with E-state index < -0.39 is 18.8 Å². The Morgan fingerprint density at radius 3 is 2.91 bits per heavy atom. The van der Waals surface area contributed by atoms with E-state index in [1.165, 1.54) is 0 Å². The summed E-state index contributed by atoms with van der Waals surface area (Å²) >= 11 is 6.07. The number of benzene rings is 1. The molecule has 174 valence electrons. The van der Waals surface area contributed by atoms with Crippen LogP contribution in [0.1, 0.15) is 18.4 Å². The van der Waals surface area contributed by atoms with Gasteiger partial charge in [0.1, 0.15) is 18.5 Å².